The van der Waals surface area contributed by atoms with Gasteiger partial charge in [-0.25, -0.2) is 0 Å². The molecule has 2 rings (SSSR count). The monoisotopic (exact) mass is 284 g/mol. The Hall–Kier alpha value is -2.20. The molecule has 1 aromatic carbocycles. The van der Waals surface area contributed by atoms with Crippen LogP contribution in [-0.4, -0.2) is 41.4 Å². The van der Waals surface area contributed by atoms with Gasteiger partial charge in [-0.1, -0.05) is 0 Å². The molecular formula is C17H20N2O2. The third-order valence-corrected chi connectivity index (χ3v) is 3.25. The molecule has 1 heterocycles. The number of carbonyl (C=O) groups excluding carboxylic acids is 1. The van der Waals surface area contributed by atoms with Crippen LogP contribution in [0.3, 0.4) is 0 Å². The highest BCUT2D eigenvalue weighted by Crippen LogP contribution is 2.14. The van der Waals surface area contributed by atoms with Crippen molar-refractivity contribution in [2.45, 2.75) is 12.8 Å². The summed E-state index contributed by atoms with van der Waals surface area (Å²) in [4.78, 5) is 18.7. The molecule has 110 valence electrons. The molecule has 0 aliphatic rings. The molecule has 0 atom stereocenters. The highest BCUT2D eigenvalue weighted by molar-refractivity contribution is 6.08. The van der Waals surface area contributed by atoms with Crippen molar-refractivity contribution in [2.24, 2.45) is 0 Å². The molecule has 0 spiro atoms. The van der Waals surface area contributed by atoms with Crippen LogP contribution in [0, 0.1) is 0 Å². The van der Waals surface area contributed by atoms with E-state index in [2.05, 4.69) is 9.88 Å². The topological polar surface area (TPSA) is 53.4 Å². The second-order valence-corrected chi connectivity index (χ2v) is 5.32. The van der Waals surface area contributed by atoms with Gasteiger partial charge in [-0.05, 0) is 69.9 Å². The molecule has 0 aliphatic carbocycles. The average Bonchev–Trinajstić information content (AvgIpc) is 2.48. The van der Waals surface area contributed by atoms with E-state index in [1.807, 2.05) is 26.2 Å². The van der Waals surface area contributed by atoms with Crippen molar-refractivity contribution in [3.8, 4) is 5.75 Å². The van der Waals surface area contributed by atoms with E-state index in [1.165, 1.54) is 12.1 Å². The van der Waals surface area contributed by atoms with Gasteiger partial charge in [-0.15, -0.1) is 0 Å². The Morgan fingerprint density at radius 2 is 1.76 bits per heavy atom. The van der Waals surface area contributed by atoms with Gasteiger partial charge in [0.05, 0.1) is 0 Å². The van der Waals surface area contributed by atoms with E-state index in [-0.39, 0.29) is 11.5 Å². The minimum absolute atomic E-state index is 0.0812. The lowest BCUT2D eigenvalue weighted by molar-refractivity contribution is 0.103. The second-order valence-electron chi connectivity index (χ2n) is 5.32. The first-order valence-electron chi connectivity index (χ1n) is 6.99. The Morgan fingerprint density at radius 1 is 1.10 bits per heavy atom. The molecule has 2 aromatic rings. The fourth-order valence-electron chi connectivity index (χ4n) is 2.06. The van der Waals surface area contributed by atoms with Crippen LogP contribution in [0.25, 0.3) is 0 Å². The lowest BCUT2D eigenvalue weighted by Gasteiger charge is -2.08. The van der Waals surface area contributed by atoms with Crippen molar-refractivity contribution in [3.63, 3.8) is 0 Å². The van der Waals surface area contributed by atoms with Crippen molar-refractivity contribution in [2.75, 3.05) is 20.6 Å². The summed E-state index contributed by atoms with van der Waals surface area (Å²) in [5, 5.41) is 9.24. The third-order valence-electron chi connectivity index (χ3n) is 3.25. The molecule has 4 nitrogen and oxygen atoms in total. The molecular weight excluding hydrogens is 264 g/mol. The van der Waals surface area contributed by atoms with Crippen LogP contribution >= 0.6 is 0 Å². The minimum atomic E-state index is -0.0812. The quantitative estimate of drug-likeness (QED) is 0.828. The summed E-state index contributed by atoms with van der Waals surface area (Å²) in [6.07, 6.45) is 3.58. The molecule has 0 bridgehead atoms. The van der Waals surface area contributed by atoms with Crippen LogP contribution in [0.4, 0.5) is 0 Å². The maximum Gasteiger partial charge on any atom is 0.194 e. The molecule has 21 heavy (non-hydrogen) atoms. The maximum absolute atomic E-state index is 12.2. The molecule has 0 fully saturated rings. The summed E-state index contributed by atoms with van der Waals surface area (Å²) in [5.74, 6) is 0.0725. The van der Waals surface area contributed by atoms with Crippen molar-refractivity contribution in [3.05, 3.63) is 59.4 Å². The third kappa shape index (κ3) is 4.39. The lowest BCUT2D eigenvalue weighted by Crippen LogP contribution is -2.13. The number of aryl methyl sites for hydroxylation is 1. The van der Waals surface area contributed by atoms with Gasteiger partial charge in [0.2, 0.25) is 0 Å². The molecule has 1 N–H and O–H groups in total. The number of pyridine rings is 1. The Bertz CT molecular complexity index is 589. The molecule has 0 saturated carbocycles. The first kappa shape index (κ1) is 15.2. The molecule has 0 saturated heterocycles. The number of rotatable bonds is 6. The molecule has 0 aliphatic heterocycles. The van der Waals surface area contributed by atoms with Crippen LogP contribution in [0.15, 0.2) is 42.6 Å². The number of nitrogens with zero attached hydrogens (tertiary/aromatic N) is 2. The minimum Gasteiger partial charge on any atom is -0.508 e. The molecule has 0 radical (unpaired) electrons. The zero-order chi connectivity index (χ0) is 15.2. The normalized spacial score (nSPS) is 10.8. The highest BCUT2D eigenvalue weighted by Gasteiger charge is 2.09. The van der Waals surface area contributed by atoms with Crippen LogP contribution in [0.2, 0.25) is 0 Å². The van der Waals surface area contributed by atoms with Gasteiger partial charge < -0.3 is 10.0 Å². The summed E-state index contributed by atoms with van der Waals surface area (Å²) >= 11 is 0. The number of aromatic nitrogens is 1. The van der Waals surface area contributed by atoms with E-state index >= 15 is 0 Å². The standard InChI is InChI=1S/C17H20N2O2/c1-19(2)11-3-4-15-8-5-14(12-18-15)17(21)13-6-9-16(20)10-7-13/h5-10,12,20H,3-4,11H2,1-2H3. The fourth-order valence-corrected chi connectivity index (χ4v) is 2.06. The van der Waals surface area contributed by atoms with Crippen molar-refractivity contribution >= 4 is 5.78 Å². The zero-order valence-corrected chi connectivity index (χ0v) is 12.4. The smallest absolute Gasteiger partial charge is 0.194 e. The molecule has 0 unspecified atom stereocenters. The van der Waals surface area contributed by atoms with Crippen molar-refractivity contribution in [1.82, 2.24) is 9.88 Å². The first-order valence-corrected chi connectivity index (χ1v) is 6.99. The van der Waals surface area contributed by atoms with Crippen molar-refractivity contribution < 1.29 is 9.90 Å². The predicted molar refractivity (Wildman–Crippen MR) is 82.7 cm³/mol. The van der Waals surface area contributed by atoms with Gasteiger partial charge >= 0.3 is 0 Å². The Labute approximate surface area is 125 Å². The van der Waals surface area contributed by atoms with Crippen LogP contribution < -0.4 is 0 Å². The van der Waals surface area contributed by atoms with E-state index in [0.717, 1.165) is 25.1 Å². The summed E-state index contributed by atoms with van der Waals surface area (Å²) in [6, 6.07) is 9.97. The Kier molecular flexibility index (Phi) is 5.06. The number of ketones is 1. The second kappa shape index (κ2) is 6.99. The number of hydrogen-bond acceptors (Lipinski definition) is 4. The molecule has 4 heteroatoms. The van der Waals surface area contributed by atoms with Gasteiger partial charge in [0.1, 0.15) is 5.75 Å². The summed E-state index contributed by atoms with van der Waals surface area (Å²) in [5.41, 5.74) is 2.12. The van der Waals surface area contributed by atoms with E-state index in [9.17, 15) is 9.90 Å². The number of aromatic hydroxyl groups is 1. The SMILES string of the molecule is CN(C)CCCc1ccc(C(=O)c2ccc(O)cc2)cn1. The van der Waals surface area contributed by atoms with E-state index < -0.39 is 0 Å². The number of phenolic OH excluding ortho intramolecular Hbond substituents is 1. The van der Waals surface area contributed by atoms with E-state index in [1.54, 1.807) is 18.3 Å². The fraction of sp³-hybridized carbons (Fsp3) is 0.294. The Balaban J connectivity index is 2.01. The zero-order valence-electron chi connectivity index (χ0n) is 12.4. The average molecular weight is 284 g/mol. The number of hydrogen-bond donors (Lipinski definition) is 1. The number of benzene rings is 1. The van der Waals surface area contributed by atoms with Crippen LogP contribution in [-0.2, 0) is 6.42 Å². The largest absolute Gasteiger partial charge is 0.508 e. The van der Waals surface area contributed by atoms with Gasteiger partial charge in [-0.2, -0.15) is 0 Å². The van der Waals surface area contributed by atoms with Gasteiger partial charge in [0.25, 0.3) is 0 Å². The van der Waals surface area contributed by atoms with Gasteiger partial charge in [-0.3, -0.25) is 9.78 Å². The first-order chi connectivity index (χ1) is 10.1. The van der Waals surface area contributed by atoms with E-state index in [0.29, 0.717) is 11.1 Å². The lowest BCUT2D eigenvalue weighted by atomic mass is 10.0. The van der Waals surface area contributed by atoms with Crippen LogP contribution in [0.1, 0.15) is 28.0 Å². The molecule has 1 aromatic heterocycles. The number of phenols is 1. The Morgan fingerprint density at radius 3 is 2.33 bits per heavy atom. The summed E-state index contributed by atoms with van der Waals surface area (Å²) in [7, 11) is 4.10. The van der Waals surface area contributed by atoms with Gasteiger partial charge in [0, 0.05) is 23.0 Å². The molecule has 0 amide bonds. The highest BCUT2D eigenvalue weighted by atomic mass is 16.3. The van der Waals surface area contributed by atoms with Crippen molar-refractivity contribution in [1.29, 1.82) is 0 Å². The number of carbonyl (C=O) groups is 1. The summed E-state index contributed by atoms with van der Waals surface area (Å²) < 4.78 is 0. The van der Waals surface area contributed by atoms with Crippen LogP contribution in [0.5, 0.6) is 5.75 Å². The maximum atomic E-state index is 12.2. The van der Waals surface area contributed by atoms with E-state index in [4.69, 9.17) is 0 Å². The predicted octanol–water partition coefficient (Wildman–Crippen LogP) is 2.51. The van der Waals surface area contributed by atoms with Gasteiger partial charge in [0.15, 0.2) is 5.78 Å². The summed E-state index contributed by atoms with van der Waals surface area (Å²) in [6.45, 7) is 1.02.